The molecule has 0 spiro atoms. The third kappa shape index (κ3) is 2.81. The molecule has 0 bridgehead atoms. The maximum absolute atomic E-state index is 2.32. The van der Waals surface area contributed by atoms with E-state index in [0.29, 0.717) is 0 Å². The summed E-state index contributed by atoms with van der Waals surface area (Å²) in [6.45, 7) is 8.78. The van der Waals surface area contributed by atoms with E-state index in [9.17, 15) is 0 Å². The molecule has 0 heteroatoms. The molecule has 0 aliphatic heterocycles. The van der Waals surface area contributed by atoms with Crippen LogP contribution in [0, 0.1) is 27.7 Å². The zero-order valence-corrected chi connectivity index (χ0v) is 11.9. The van der Waals surface area contributed by atoms with E-state index in [1.54, 1.807) is 0 Å². The number of hydrogen-bond donors (Lipinski definition) is 0. The summed E-state index contributed by atoms with van der Waals surface area (Å²) < 4.78 is 0. The van der Waals surface area contributed by atoms with Crippen LogP contribution in [0.1, 0.15) is 33.4 Å². The van der Waals surface area contributed by atoms with Gasteiger partial charge in [-0.25, -0.2) is 0 Å². The molecule has 0 fully saturated rings. The predicted octanol–water partition coefficient (Wildman–Crippen LogP) is 4.71. The molecule has 2 aromatic rings. The minimum absolute atomic E-state index is 1.13. The highest BCUT2D eigenvalue weighted by Crippen LogP contribution is 2.16. The zero-order chi connectivity index (χ0) is 13.1. The minimum Gasteiger partial charge on any atom is -0.0617 e. The van der Waals surface area contributed by atoms with Crippen molar-refractivity contribution in [3.05, 3.63) is 69.8 Å². The van der Waals surface area contributed by atoms with Crippen LogP contribution in [0.2, 0.25) is 0 Å². The first-order valence-electron chi connectivity index (χ1n) is 6.69. The highest BCUT2D eigenvalue weighted by atomic mass is 14.1. The van der Waals surface area contributed by atoms with Crippen LogP contribution in [0.25, 0.3) is 0 Å². The lowest BCUT2D eigenvalue weighted by molar-refractivity contribution is 0.942. The quantitative estimate of drug-likeness (QED) is 0.726. The van der Waals surface area contributed by atoms with Gasteiger partial charge in [0.25, 0.3) is 0 Å². The Morgan fingerprint density at radius 2 is 1.50 bits per heavy atom. The van der Waals surface area contributed by atoms with Crippen LogP contribution in [0.15, 0.2) is 36.4 Å². The first-order valence-corrected chi connectivity index (χ1v) is 6.69. The van der Waals surface area contributed by atoms with Crippen LogP contribution < -0.4 is 0 Å². The van der Waals surface area contributed by atoms with Gasteiger partial charge in [0, 0.05) is 0 Å². The predicted molar refractivity (Wildman–Crippen MR) is 79.2 cm³/mol. The molecule has 18 heavy (non-hydrogen) atoms. The lowest BCUT2D eigenvalue weighted by Gasteiger charge is -2.09. The Morgan fingerprint density at radius 1 is 0.722 bits per heavy atom. The summed E-state index contributed by atoms with van der Waals surface area (Å²) in [5.41, 5.74) is 8.54. The maximum Gasteiger partial charge on any atom is -0.0236 e. The van der Waals surface area contributed by atoms with Crippen LogP contribution in [-0.2, 0) is 12.8 Å². The molecule has 0 heterocycles. The first-order chi connectivity index (χ1) is 8.58. The van der Waals surface area contributed by atoms with Gasteiger partial charge in [0.1, 0.15) is 0 Å². The van der Waals surface area contributed by atoms with Crippen LogP contribution in [0.5, 0.6) is 0 Å². The van der Waals surface area contributed by atoms with Gasteiger partial charge in [-0.15, -0.1) is 0 Å². The van der Waals surface area contributed by atoms with Crippen molar-refractivity contribution in [2.75, 3.05) is 0 Å². The van der Waals surface area contributed by atoms with Crippen molar-refractivity contribution in [2.45, 2.75) is 40.5 Å². The fourth-order valence-corrected chi connectivity index (χ4v) is 2.32. The van der Waals surface area contributed by atoms with Gasteiger partial charge in [-0.05, 0) is 73.9 Å². The summed E-state index contributed by atoms with van der Waals surface area (Å²) in [7, 11) is 0. The Labute approximate surface area is 111 Å². The highest BCUT2D eigenvalue weighted by Gasteiger charge is 2.02. The van der Waals surface area contributed by atoms with Crippen molar-refractivity contribution >= 4 is 0 Å². The van der Waals surface area contributed by atoms with Crippen LogP contribution >= 0.6 is 0 Å². The van der Waals surface area contributed by atoms with Gasteiger partial charge in [0.15, 0.2) is 0 Å². The summed E-state index contributed by atoms with van der Waals surface area (Å²) in [5.74, 6) is 0. The largest absolute Gasteiger partial charge is 0.0617 e. The molecule has 0 saturated carbocycles. The summed E-state index contributed by atoms with van der Waals surface area (Å²) in [5, 5.41) is 0. The summed E-state index contributed by atoms with van der Waals surface area (Å²) >= 11 is 0. The molecule has 0 atom stereocenters. The maximum atomic E-state index is 2.32. The Kier molecular flexibility index (Phi) is 3.86. The average molecular weight is 238 g/mol. The fraction of sp³-hybridized carbons (Fsp3) is 0.333. The van der Waals surface area contributed by atoms with Gasteiger partial charge in [0.05, 0.1) is 0 Å². The van der Waals surface area contributed by atoms with Gasteiger partial charge in [-0.2, -0.15) is 0 Å². The van der Waals surface area contributed by atoms with Crippen molar-refractivity contribution in [3.8, 4) is 0 Å². The van der Waals surface area contributed by atoms with E-state index in [-0.39, 0.29) is 0 Å². The van der Waals surface area contributed by atoms with E-state index < -0.39 is 0 Å². The molecular formula is C18H22. The van der Waals surface area contributed by atoms with E-state index in [2.05, 4.69) is 64.1 Å². The lowest BCUT2D eigenvalue weighted by atomic mass is 9.96. The van der Waals surface area contributed by atoms with Crippen LogP contribution in [0.4, 0.5) is 0 Å². The van der Waals surface area contributed by atoms with Gasteiger partial charge < -0.3 is 0 Å². The second-order valence-electron chi connectivity index (χ2n) is 5.28. The molecule has 94 valence electrons. The Balaban J connectivity index is 2.11. The molecule has 0 unspecified atom stereocenters. The third-order valence-corrected chi connectivity index (χ3v) is 3.97. The molecule has 0 amide bonds. The fourth-order valence-electron chi connectivity index (χ4n) is 2.32. The van der Waals surface area contributed by atoms with Crippen molar-refractivity contribution in [1.82, 2.24) is 0 Å². The highest BCUT2D eigenvalue weighted by molar-refractivity contribution is 5.35. The molecule has 0 aliphatic rings. The van der Waals surface area contributed by atoms with Crippen molar-refractivity contribution in [2.24, 2.45) is 0 Å². The Hall–Kier alpha value is -1.56. The zero-order valence-electron chi connectivity index (χ0n) is 11.9. The summed E-state index contributed by atoms with van der Waals surface area (Å²) in [4.78, 5) is 0. The monoisotopic (exact) mass is 238 g/mol. The topological polar surface area (TPSA) is 0 Å². The van der Waals surface area contributed by atoms with E-state index in [0.717, 1.165) is 12.8 Å². The normalized spacial score (nSPS) is 10.7. The standard InChI is InChI=1S/C18H22/c1-13-8-9-17(12-15(13)3)10-11-18-7-5-6-14(2)16(18)4/h5-9,12H,10-11H2,1-4H3. The molecule has 0 radical (unpaired) electrons. The molecule has 0 N–H and O–H groups in total. The lowest BCUT2D eigenvalue weighted by Crippen LogP contribution is -1.96. The molecule has 0 nitrogen and oxygen atoms in total. The van der Waals surface area contributed by atoms with Gasteiger partial charge in [-0.1, -0.05) is 36.4 Å². The molecular weight excluding hydrogens is 216 g/mol. The summed E-state index contributed by atoms with van der Waals surface area (Å²) in [6, 6.07) is 13.4. The second kappa shape index (κ2) is 5.39. The van der Waals surface area contributed by atoms with Gasteiger partial charge >= 0.3 is 0 Å². The van der Waals surface area contributed by atoms with Gasteiger partial charge in [-0.3, -0.25) is 0 Å². The Bertz CT molecular complexity index is 550. The van der Waals surface area contributed by atoms with Crippen LogP contribution in [-0.4, -0.2) is 0 Å². The number of benzene rings is 2. The number of rotatable bonds is 3. The molecule has 2 rings (SSSR count). The van der Waals surface area contributed by atoms with Crippen molar-refractivity contribution < 1.29 is 0 Å². The van der Waals surface area contributed by atoms with E-state index in [4.69, 9.17) is 0 Å². The van der Waals surface area contributed by atoms with Gasteiger partial charge in [0.2, 0.25) is 0 Å². The average Bonchev–Trinajstić information content (AvgIpc) is 2.35. The van der Waals surface area contributed by atoms with Crippen molar-refractivity contribution in [3.63, 3.8) is 0 Å². The number of aryl methyl sites for hydroxylation is 5. The van der Waals surface area contributed by atoms with E-state index >= 15 is 0 Å². The molecule has 0 saturated heterocycles. The third-order valence-electron chi connectivity index (χ3n) is 3.97. The van der Waals surface area contributed by atoms with E-state index in [1.807, 2.05) is 0 Å². The Morgan fingerprint density at radius 3 is 2.22 bits per heavy atom. The second-order valence-corrected chi connectivity index (χ2v) is 5.28. The first kappa shape index (κ1) is 12.9. The molecule has 0 aromatic heterocycles. The number of hydrogen-bond acceptors (Lipinski definition) is 0. The minimum atomic E-state index is 1.13. The van der Waals surface area contributed by atoms with Crippen LogP contribution in [0.3, 0.4) is 0 Å². The SMILES string of the molecule is Cc1ccc(CCc2cccc(C)c2C)cc1C. The smallest absolute Gasteiger partial charge is 0.0236 e. The van der Waals surface area contributed by atoms with E-state index in [1.165, 1.54) is 33.4 Å². The summed E-state index contributed by atoms with van der Waals surface area (Å²) in [6.07, 6.45) is 2.27. The van der Waals surface area contributed by atoms with Crippen molar-refractivity contribution in [1.29, 1.82) is 0 Å². The molecule has 0 aliphatic carbocycles. The molecule has 2 aromatic carbocycles.